The Morgan fingerprint density at radius 2 is 1.89 bits per heavy atom. The molecule has 0 aliphatic heterocycles. The Hall–Kier alpha value is -1.06. The van der Waals surface area contributed by atoms with Crippen molar-refractivity contribution < 1.29 is 9.84 Å². The first-order valence-corrected chi connectivity index (χ1v) is 6.60. The highest BCUT2D eigenvalue weighted by atomic mass is 16.5. The molecular formula is C15H25NO2. The third kappa shape index (κ3) is 4.67. The molecule has 0 aliphatic rings. The molecule has 1 aromatic carbocycles. The van der Waals surface area contributed by atoms with Gasteiger partial charge in [0.1, 0.15) is 5.75 Å². The summed E-state index contributed by atoms with van der Waals surface area (Å²) >= 11 is 0. The van der Waals surface area contributed by atoms with Crippen molar-refractivity contribution in [3.8, 4) is 5.75 Å². The Morgan fingerprint density at radius 1 is 1.28 bits per heavy atom. The van der Waals surface area contributed by atoms with Gasteiger partial charge in [-0.25, -0.2) is 0 Å². The molecule has 0 amide bonds. The maximum absolute atomic E-state index is 9.62. The Bertz CT molecular complexity index is 344. The van der Waals surface area contributed by atoms with Gasteiger partial charge in [-0.3, -0.25) is 0 Å². The lowest BCUT2D eigenvalue weighted by Gasteiger charge is -2.29. The van der Waals surface area contributed by atoms with Gasteiger partial charge in [0.25, 0.3) is 0 Å². The van der Waals surface area contributed by atoms with Gasteiger partial charge in [0, 0.05) is 12.1 Å². The molecule has 3 nitrogen and oxygen atoms in total. The summed E-state index contributed by atoms with van der Waals surface area (Å²) in [6.45, 7) is 9.39. The van der Waals surface area contributed by atoms with Crippen LogP contribution in [0.3, 0.4) is 0 Å². The molecule has 2 N–H and O–H groups in total. The van der Waals surface area contributed by atoms with Crippen LogP contribution in [0.2, 0.25) is 0 Å². The Morgan fingerprint density at radius 3 is 2.39 bits per heavy atom. The number of ether oxygens (including phenoxy) is 1. The average Bonchev–Trinajstić information content (AvgIpc) is 2.35. The quantitative estimate of drug-likeness (QED) is 0.783. The molecule has 0 saturated heterocycles. The van der Waals surface area contributed by atoms with E-state index in [4.69, 9.17) is 4.74 Å². The lowest BCUT2D eigenvalue weighted by atomic mass is 9.98. The van der Waals surface area contributed by atoms with Crippen LogP contribution < -0.4 is 10.1 Å². The predicted octanol–water partition coefficient (Wildman–Crippen LogP) is 2.72. The van der Waals surface area contributed by atoms with E-state index in [2.05, 4.69) is 24.4 Å². The third-order valence-corrected chi connectivity index (χ3v) is 3.19. The van der Waals surface area contributed by atoms with Crippen LogP contribution in [0.4, 0.5) is 0 Å². The molecule has 1 unspecified atom stereocenters. The number of aliphatic hydroxyl groups is 1. The largest absolute Gasteiger partial charge is 0.494 e. The number of benzene rings is 1. The Labute approximate surface area is 110 Å². The zero-order valence-corrected chi connectivity index (χ0v) is 11.9. The molecule has 1 aromatic rings. The van der Waals surface area contributed by atoms with E-state index < -0.39 is 0 Å². The van der Waals surface area contributed by atoms with Crippen molar-refractivity contribution in [1.29, 1.82) is 0 Å². The topological polar surface area (TPSA) is 41.5 Å². The van der Waals surface area contributed by atoms with Gasteiger partial charge >= 0.3 is 0 Å². The van der Waals surface area contributed by atoms with Crippen molar-refractivity contribution in [2.24, 2.45) is 0 Å². The first kappa shape index (κ1) is 15.0. The fraction of sp³-hybridized carbons (Fsp3) is 0.600. The summed E-state index contributed by atoms with van der Waals surface area (Å²) in [5.41, 5.74) is 0.907. The molecule has 0 radical (unpaired) electrons. The van der Waals surface area contributed by atoms with Crippen LogP contribution in [0, 0.1) is 0 Å². The number of aliphatic hydroxyl groups excluding tert-OH is 1. The van der Waals surface area contributed by atoms with Gasteiger partial charge in [0.15, 0.2) is 0 Å². The van der Waals surface area contributed by atoms with E-state index in [9.17, 15) is 5.11 Å². The predicted molar refractivity (Wildman–Crippen MR) is 74.8 cm³/mol. The van der Waals surface area contributed by atoms with Crippen molar-refractivity contribution in [1.82, 2.24) is 5.32 Å². The minimum Gasteiger partial charge on any atom is -0.494 e. The number of rotatable bonds is 7. The Kier molecular flexibility index (Phi) is 5.63. The minimum atomic E-state index is -0.385. The molecule has 0 aromatic heterocycles. The van der Waals surface area contributed by atoms with Gasteiger partial charge in [0.05, 0.1) is 12.7 Å². The van der Waals surface area contributed by atoms with Crippen molar-refractivity contribution >= 4 is 0 Å². The molecule has 0 saturated carbocycles. The fourth-order valence-corrected chi connectivity index (χ4v) is 1.40. The second-order valence-corrected chi connectivity index (χ2v) is 5.24. The molecule has 0 fully saturated rings. The summed E-state index contributed by atoms with van der Waals surface area (Å²) in [6.07, 6.45) is 0.635. The van der Waals surface area contributed by atoms with Gasteiger partial charge in [-0.1, -0.05) is 19.1 Å². The average molecular weight is 251 g/mol. The Balaban J connectivity index is 2.49. The normalized spacial score (nSPS) is 13.4. The summed E-state index contributed by atoms with van der Waals surface area (Å²) in [6, 6.07) is 8.08. The van der Waals surface area contributed by atoms with Gasteiger partial charge < -0.3 is 15.2 Å². The standard InChI is InChI=1S/C15H25NO2/c1-5-10-18-14-8-6-13(7-9-14)11-16-15(3,4)12(2)17/h6-9,12,16-17H,5,10-11H2,1-4H3. The van der Waals surface area contributed by atoms with E-state index in [-0.39, 0.29) is 11.6 Å². The molecule has 0 bridgehead atoms. The van der Waals surface area contributed by atoms with Crippen molar-refractivity contribution in [3.63, 3.8) is 0 Å². The number of hydrogen-bond donors (Lipinski definition) is 2. The third-order valence-electron chi connectivity index (χ3n) is 3.19. The molecule has 102 valence electrons. The highest BCUT2D eigenvalue weighted by Gasteiger charge is 2.22. The van der Waals surface area contributed by atoms with E-state index in [0.29, 0.717) is 0 Å². The smallest absolute Gasteiger partial charge is 0.119 e. The van der Waals surface area contributed by atoms with E-state index in [0.717, 1.165) is 25.3 Å². The van der Waals surface area contributed by atoms with Gasteiger partial charge in [-0.05, 0) is 44.9 Å². The van der Waals surface area contributed by atoms with Crippen LogP contribution in [0.1, 0.15) is 39.7 Å². The van der Waals surface area contributed by atoms with Crippen LogP contribution in [0.15, 0.2) is 24.3 Å². The molecule has 0 heterocycles. The molecule has 3 heteroatoms. The fourth-order valence-electron chi connectivity index (χ4n) is 1.40. The number of nitrogens with one attached hydrogen (secondary N) is 1. The van der Waals surface area contributed by atoms with Crippen LogP contribution in [0.5, 0.6) is 5.75 Å². The summed E-state index contributed by atoms with van der Waals surface area (Å²) in [4.78, 5) is 0. The minimum absolute atomic E-state index is 0.280. The van der Waals surface area contributed by atoms with Crippen molar-refractivity contribution in [2.75, 3.05) is 6.61 Å². The van der Waals surface area contributed by atoms with E-state index in [1.54, 1.807) is 6.92 Å². The van der Waals surface area contributed by atoms with Crippen LogP contribution >= 0.6 is 0 Å². The second-order valence-electron chi connectivity index (χ2n) is 5.24. The molecule has 18 heavy (non-hydrogen) atoms. The molecule has 0 aliphatic carbocycles. The molecule has 0 spiro atoms. The maximum Gasteiger partial charge on any atom is 0.119 e. The summed E-state index contributed by atoms with van der Waals surface area (Å²) < 4.78 is 5.53. The lowest BCUT2D eigenvalue weighted by molar-refractivity contribution is 0.0956. The summed E-state index contributed by atoms with van der Waals surface area (Å²) in [7, 11) is 0. The second kappa shape index (κ2) is 6.76. The van der Waals surface area contributed by atoms with Crippen LogP contribution in [0.25, 0.3) is 0 Å². The van der Waals surface area contributed by atoms with E-state index in [1.165, 1.54) is 5.56 Å². The zero-order chi connectivity index (χ0) is 13.6. The molecule has 1 atom stereocenters. The highest BCUT2D eigenvalue weighted by Crippen LogP contribution is 2.14. The lowest BCUT2D eigenvalue weighted by Crippen LogP contribution is -2.47. The van der Waals surface area contributed by atoms with Gasteiger partial charge in [0.2, 0.25) is 0 Å². The SMILES string of the molecule is CCCOc1ccc(CNC(C)(C)C(C)O)cc1. The number of hydrogen-bond acceptors (Lipinski definition) is 3. The zero-order valence-electron chi connectivity index (χ0n) is 11.9. The summed E-state index contributed by atoms with van der Waals surface area (Å²) in [5, 5.41) is 13.0. The monoisotopic (exact) mass is 251 g/mol. The van der Waals surface area contributed by atoms with Gasteiger partial charge in [-0.15, -0.1) is 0 Å². The molecular weight excluding hydrogens is 226 g/mol. The van der Waals surface area contributed by atoms with Crippen LogP contribution in [-0.4, -0.2) is 23.4 Å². The first-order chi connectivity index (χ1) is 8.45. The van der Waals surface area contributed by atoms with E-state index in [1.807, 2.05) is 26.0 Å². The summed E-state index contributed by atoms with van der Waals surface area (Å²) in [5.74, 6) is 0.912. The van der Waals surface area contributed by atoms with E-state index >= 15 is 0 Å². The molecule has 1 rings (SSSR count). The van der Waals surface area contributed by atoms with Crippen molar-refractivity contribution in [2.45, 2.75) is 52.3 Å². The first-order valence-electron chi connectivity index (χ1n) is 6.60. The van der Waals surface area contributed by atoms with Gasteiger partial charge in [-0.2, -0.15) is 0 Å². The van der Waals surface area contributed by atoms with Crippen molar-refractivity contribution in [3.05, 3.63) is 29.8 Å². The maximum atomic E-state index is 9.62. The highest BCUT2D eigenvalue weighted by molar-refractivity contribution is 5.27. The van der Waals surface area contributed by atoms with Crippen LogP contribution in [-0.2, 0) is 6.54 Å².